The van der Waals surface area contributed by atoms with E-state index in [-0.39, 0.29) is 11.6 Å². The number of hydrogen-bond donors (Lipinski definition) is 3. The second-order valence-corrected chi connectivity index (χ2v) is 4.12. The number of nitrogens with zero attached hydrogens (tertiary/aromatic N) is 2. The fourth-order valence-corrected chi connectivity index (χ4v) is 1.34. The minimum atomic E-state index is -0.820. The van der Waals surface area contributed by atoms with Gasteiger partial charge < -0.3 is 15.7 Å². The van der Waals surface area contributed by atoms with Crippen molar-refractivity contribution in [3.8, 4) is 0 Å². The Balaban J connectivity index is 2.44. The SMILES string of the molecule is CCNC(=O)c1ccc(NCCC(C)C(=O)O)nn1. The third-order valence-electron chi connectivity index (χ3n) is 2.54. The molecule has 1 amide bonds. The molecule has 104 valence electrons. The molecule has 0 fully saturated rings. The average molecular weight is 266 g/mol. The molecule has 1 atom stereocenters. The highest BCUT2D eigenvalue weighted by Gasteiger charge is 2.10. The van der Waals surface area contributed by atoms with E-state index in [1.165, 1.54) is 0 Å². The zero-order chi connectivity index (χ0) is 14.3. The monoisotopic (exact) mass is 266 g/mol. The quantitative estimate of drug-likeness (QED) is 0.672. The first-order valence-electron chi connectivity index (χ1n) is 6.13. The predicted octanol–water partition coefficient (Wildman–Crippen LogP) is 0.749. The lowest BCUT2D eigenvalue weighted by Crippen LogP contribution is -2.24. The van der Waals surface area contributed by atoms with Gasteiger partial charge in [-0.2, -0.15) is 0 Å². The van der Waals surface area contributed by atoms with E-state index >= 15 is 0 Å². The Morgan fingerprint density at radius 2 is 2.11 bits per heavy atom. The Hall–Kier alpha value is -2.18. The van der Waals surface area contributed by atoms with Crippen LogP contribution in [0.15, 0.2) is 12.1 Å². The van der Waals surface area contributed by atoms with E-state index in [1.54, 1.807) is 19.1 Å². The standard InChI is InChI=1S/C12H18N4O3/c1-3-13-11(17)9-4-5-10(16-15-9)14-7-6-8(2)12(18)19/h4-5,8H,3,6-7H2,1-2H3,(H,13,17)(H,14,16)(H,18,19). The van der Waals surface area contributed by atoms with Crippen LogP contribution in [0.2, 0.25) is 0 Å². The van der Waals surface area contributed by atoms with E-state index < -0.39 is 11.9 Å². The molecule has 0 aliphatic heterocycles. The number of carbonyl (C=O) groups is 2. The first kappa shape index (κ1) is 14.9. The van der Waals surface area contributed by atoms with Crippen molar-refractivity contribution in [3.05, 3.63) is 17.8 Å². The van der Waals surface area contributed by atoms with E-state index in [1.807, 2.05) is 6.92 Å². The summed E-state index contributed by atoms with van der Waals surface area (Å²) in [6, 6.07) is 3.21. The van der Waals surface area contributed by atoms with Crippen LogP contribution in [0.1, 0.15) is 30.8 Å². The number of anilines is 1. The molecule has 0 bridgehead atoms. The first-order valence-corrected chi connectivity index (χ1v) is 6.13. The van der Waals surface area contributed by atoms with Gasteiger partial charge in [0.2, 0.25) is 0 Å². The molecule has 1 heterocycles. The van der Waals surface area contributed by atoms with Gasteiger partial charge in [-0.1, -0.05) is 6.92 Å². The summed E-state index contributed by atoms with van der Waals surface area (Å²) in [7, 11) is 0. The fourth-order valence-electron chi connectivity index (χ4n) is 1.34. The van der Waals surface area contributed by atoms with Gasteiger partial charge in [0, 0.05) is 13.1 Å². The van der Waals surface area contributed by atoms with Crippen LogP contribution in [0, 0.1) is 5.92 Å². The predicted molar refractivity (Wildman–Crippen MR) is 69.9 cm³/mol. The van der Waals surface area contributed by atoms with Gasteiger partial charge in [-0.3, -0.25) is 9.59 Å². The number of hydrogen-bond acceptors (Lipinski definition) is 5. The van der Waals surface area contributed by atoms with Crippen LogP contribution in [-0.4, -0.2) is 40.3 Å². The molecule has 0 spiro atoms. The minimum Gasteiger partial charge on any atom is -0.481 e. The van der Waals surface area contributed by atoms with Gasteiger partial charge in [0.15, 0.2) is 5.69 Å². The van der Waals surface area contributed by atoms with Crippen molar-refractivity contribution in [2.45, 2.75) is 20.3 Å². The lowest BCUT2D eigenvalue weighted by molar-refractivity contribution is -0.141. The lowest BCUT2D eigenvalue weighted by atomic mass is 10.1. The number of amides is 1. The summed E-state index contributed by atoms with van der Waals surface area (Å²) in [6.07, 6.45) is 0.495. The molecule has 0 saturated heterocycles. The van der Waals surface area contributed by atoms with E-state index in [9.17, 15) is 9.59 Å². The third-order valence-corrected chi connectivity index (χ3v) is 2.54. The summed E-state index contributed by atoms with van der Waals surface area (Å²) in [4.78, 5) is 22.1. The van der Waals surface area contributed by atoms with Gasteiger partial charge in [-0.15, -0.1) is 10.2 Å². The number of aromatic nitrogens is 2. The Morgan fingerprint density at radius 3 is 2.63 bits per heavy atom. The molecule has 0 aromatic carbocycles. The van der Waals surface area contributed by atoms with Crippen LogP contribution >= 0.6 is 0 Å². The second kappa shape index (κ2) is 7.30. The molecule has 19 heavy (non-hydrogen) atoms. The molecule has 1 unspecified atom stereocenters. The maximum Gasteiger partial charge on any atom is 0.306 e. The number of carboxylic acids is 1. The Morgan fingerprint density at radius 1 is 1.37 bits per heavy atom. The maximum atomic E-state index is 11.4. The number of rotatable bonds is 7. The number of carbonyl (C=O) groups excluding carboxylic acids is 1. The molecule has 1 rings (SSSR count). The van der Waals surface area contributed by atoms with Crippen LogP contribution in [0.25, 0.3) is 0 Å². The summed E-state index contributed by atoms with van der Waals surface area (Å²) >= 11 is 0. The normalized spacial score (nSPS) is 11.7. The highest BCUT2D eigenvalue weighted by molar-refractivity contribution is 5.92. The van der Waals surface area contributed by atoms with Crippen LogP contribution in [0.3, 0.4) is 0 Å². The van der Waals surface area contributed by atoms with Gasteiger partial charge >= 0.3 is 5.97 Å². The van der Waals surface area contributed by atoms with Crippen molar-refractivity contribution in [2.24, 2.45) is 5.92 Å². The first-order chi connectivity index (χ1) is 9.04. The van der Waals surface area contributed by atoms with E-state index in [0.717, 1.165) is 0 Å². The topological polar surface area (TPSA) is 104 Å². The number of nitrogens with one attached hydrogen (secondary N) is 2. The summed E-state index contributed by atoms with van der Waals surface area (Å²) in [5.74, 6) is -0.971. The smallest absolute Gasteiger partial charge is 0.306 e. The molecular weight excluding hydrogens is 248 g/mol. The summed E-state index contributed by atoms with van der Waals surface area (Å²) in [5, 5.41) is 22.0. The van der Waals surface area contributed by atoms with Crippen LogP contribution in [0.4, 0.5) is 5.82 Å². The molecule has 0 radical (unpaired) electrons. The van der Waals surface area contributed by atoms with Gasteiger partial charge in [0.05, 0.1) is 5.92 Å². The second-order valence-electron chi connectivity index (χ2n) is 4.12. The third kappa shape index (κ3) is 4.90. The molecule has 1 aromatic heterocycles. The zero-order valence-corrected chi connectivity index (χ0v) is 11.0. The Labute approximate surface area is 111 Å². The Kier molecular flexibility index (Phi) is 5.72. The summed E-state index contributed by atoms with van der Waals surface area (Å²) < 4.78 is 0. The number of aliphatic carboxylic acids is 1. The van der Waals surface area contributed by atoms with Crippen molar-refractivity contribution >= 4 is 17.7 Å². The largest absolute Gasteiger partial charge is 0.481 e. The molecule has 1 aromatic rings. The van der Waals surface area contributed by atoms with E-state index in [2.05, 4.69) is 20.8 Å². The van der Waals surface area contributed by atoms with Crippen LogP contribution < -0.4 is 10.6 Å². The maximum absolute atomic E-state index is 11.4. The van der Waals surface area contributed by atoms with Crippen LogP contribution in [-0.2, 0) is 4.79 Å². The molecule has 0 aliphatic rings. The molecule has 7 heteroatoms. The molecule has 7 nitrogen and oxygen atoms in total. The average Bonchev–Trinajstić information content (AvgIpc) is 2.39. The molecular formula is C12H18N4O3. The minimum absolute atomic E-state index is 0.256. The van der Waals surface area contributed by atoms with Gasteiger partial charge in [0.25, 0.3) is 5.91 Å². The van der Waals surface area contributed by atoms with Crippen molar-refractivity contribution < 1.29 is 14.7 Å². The highest BCUT2D eigenvalue weighted by Crippen LogP contribution is 2.05. The lowest BCUT2D eigenvalue weighted by Gasteiger charge is -2.08. The van der Waals surface area contributed by atoms with Crippen molar-refractivity contribution in [3.63, 3.8) is 0 Å². The molecule has 0 aliphatic carbocycles. The molecule has 3 N–H and O–H groups in total. The van der Waals surface area contributed by atoms with Crippen molar-refractivity contribution in [2.75, 3.05) is 18.4 Å². The van der Waals surface area contributed by atoms with E-state index in [0.29, 0.717) is 25.3 Å². The molecule has 0 saturated carbocycles. The zero-order valence-electron chi connectivity index (χ0n) is 11.0. The summed E-state index contributed by atoms with van der Waals surface area (Å²) in [5.41, 5.74) is 0.256. The fraction of sp³-hybridized carbons (Fsp3) is 0.500. The van der Waals surface area contributed by atoms with E-state index in [4.69, 9.17) is 5.11 Å². The number of carboxylic acid groups (broad SMARTS) is 1. The van der Waals surface area contributed by atoms with Crippen LogP contribution in [0.5, 0.6) is 0 Å². The Bertz CT molecular complexity index is 433. The van der Waals surface area contributed by atoms with Gasteiger partial charge in [-0.05, 0) is 25.5 Å². The van der Waals surface area contributed by atoms with Gasteiger partial charge in [0.1, 0.15) is 5.82 Å². The van der Waals surface area contributed by atoms with Crippen molar-refractivity contribution in [1.29, 1.82) is 0 Å². The summed E-state index contributed by atoms with van der Waals surface area (Å²) in [6.45, 7) is 4.50. The van der Waals surface area contributed by atoms with Gasteiger partial charge in [-0.25, -0.2) is 0 Å². The van der Waals surface area contributed by atoms with Crippen molar-refractivity contribution in [1.82, 2.24) is 15.5 Å². The highest BCUT2D eigenvalue weighted by atomic mass is 16.4.